The molecule has 130 valence electrons. The van der Waals surface area contributed by atoms with Crippen molar-refractivity contribution >= 4 is 11.9 Å². The SMILES string of the molecule is Cc1ccc(SNC(c2ccc(C(F)(F)F)cc2)C(F)(F)F)cn1. The van der Waals surface area contributed by atoms with Crippen LogP contribution in [0.5, 0.6) is 0 Å². The van der Waals surface area contributed by atoms with E-state index < -0.39 is 24.0 Å². The van der Waals surface area contributed by atoms with Crippen molar-refractivity contribution in [2.24, 2.45) is 0 Å². The first-order valence-electron chi connectivity index (χ1n) is 6.66. The number of benzene rings is 1. The lowest BCUT2D eigenvalue weighted by Crippen LogP contribution is -2.30. The molecular formula is C15H12F6N2S. The van der Waals surface area contributed by atoms with E-state index in [9.17, 15) is 26.3 Å². The number of rotatable bonds is 4. The summed E-state index contributed by atoms with van der Waals surface area (Å²) < 4.78 is 79.3. The normalized spacial score (nSPS) is 13.8. The third kappa shape index (κ3) is 4.88. The third-order valence-corrected chi connectivity index (χ3v) is 3.91. The van der Waals surface area contributed by atoms with Crippen molar-refractivity contribution in [3.05, 3.63) is 59.4 Å². The largest absolute Gasteiger partial charge is 0.416 e. The van der Waals surface area contributed by atoms with E-state index in [0.29, 0.717) is 29.0 Å². The molecule has 2 aromatic rings. The van der Waals surface area contributed by atoms with Crippen molar-refractivity contribution < 1.29 is 26.3 Å². The van der Waals surface area contributed by atoms with Gasteiger partial charge in [0.05, 0.1) is 5.56 Å². The number of aryl methyl sites for hydroxylation is 1. The van der Waals surface area contributed by atoms with Crippen LogP contribution in [0.25, 0.3) is 0 Å². The van der Waals surface area contributed by atoms with Crippen LogP contribution in [0.2, 0.25) is 0 Å². The molecule has 0 aliphatic rings. The standard InChI is InChI=1S/C15H12F6N2S/c1-9-2-7-12(8-22-9)24-23-13(15(19,20)21)10-3-5-11(6-4-10)14(16,17)18/h2-8,13,23H,1H3. The van der Waals surface area contributed by atoms with E-state index in [1.165, 1.54) is 6.20 Å². The van der Waals surface area contributed by atoms with Gasteiger partial charge in [-0.25, -0.2) is 4.72 Å². The lowest BCUT2D eigenvalue weighted by atomic mass is 10.1. The summed E-state index contributed by atoms with van der Waals surface area (Å²) >= 11 is 0.714. The maximum atomic E-state index is 13.2. The first-order chi connectivity index (χ1) is 11.1. The fourth-order valence-electron chi connectivity index (χ4n) is 1.83. The molecule has 9 heteroatoms. The van der Waals surface area contributed by atoms with Crippen LogP contribution < -0.4 is 4.72 Å². The van der Waals surface area contributed by atoms with Crippen molar-refractivity contribution in [2.75, 3.05) is 0 Å². The summed E-state index contributed by atoms with van der Waals surface area (Å²) in [7, 11) is 0. The van der Waals surface area contributed by atoms with Gasteiger partial charge in [0.1, 0.15) is 6.04 Å². The Morgan fingerprint density at radius 1 is 0.958 bits per heavy atom. The number of halogens is 6. The maximum absolute atomic E-state index is 13.2. The number of pyridine rings is 1. The number of nitrogens with one attached hydrogen (secondary N) is 1. The van der Waals surface area contributed by atoms with Crippen LogP contribution in [-0.2, 0) is 6.18 Å². The molecule has 0 saturated carbocycles. The monoisotopic (exact) mass is 366 g/mol. The predicted molar refractivity (Wildman–Crippen MR) is 78.2 cm³/mol. The highest BCUT2D eigenvalue weighted by molar-refractivity contribution is 7.97. The molecule has 2 rings (SSSR count). The van der Waals surface area contributed by atoms with Gasteiger partial charge in [-0.3, -0.25) is 4.98 Å². The Hall–Kier alpha value is -1.74. The third-order valence-electron chi connectivity index (χ3n) is 3.08. The van der Waals surface area contributed by atoms with E-state index in [1.54, 1.807) is 19.1 Å². The second-order valence-corrected chi connectivity index (χ2v) is 5.86. The van der Waals surface area contributed by atoms with Gasteiger partial charge in [0.25, 0.3) is 0 Å². The van der Waals surface area contributed by atoms with Gasteiger partial charge in [0, 0.05) is 16.8 Å². The van der Waals surface area contributed by atoms with Crippen LogP contribution in [0.1, 0.15) is 22.9 Å². The second kappa shape index (κ2) is 7.02. The van der Waals surface area contributed by atoms with Crippen LogP contribution >= 0.6 is 11.9 Å². The smallest absolute Gasteiger partial charge is 0.260 e. The molecule has 0 bridgehead atoms. The minimum atomic E-state index is -4.66. The molecule has 1 aromatic carbocycles. The number of hydrogen-bond acceptors (Lipinski definition) is 3. The van der Waals surface area contributed by atoms with Gasteiger partial charge < -0.3 is 0 Å². The zero-order chi connectivity index (χ0) is 18.0. The molecule has 1 heterocycles. The summed E-state index contributed by atoms with van der Waals surface area (Å²) in [5.74, 6) is 0. The van der Waals surface area contributed by atoms with Gasteiger partial charge in [-0.1, -0.05) is 12.1 Å². The average Bonchev–Trinajstić information content (AvgIpc) is 2.47. The van der Waals surface area contributed by atoms with E-state index in [1.807, 2.05) is 0 Å². The number of alkyl halides is 6. The fourth-order valence-corrected chi connectivity index (χ4v) is 2.60. The Kier molecular flexibility index (Phi) is 5.44. The molecule has 24 heavy (non-hydrogen) atoms. The van der Waals surface area contributed by atoms with Gasteiger partial charge in [0.2, 0.25) is 0 Å². The maximum Gasteiger partial charge on any atom is 0.416 e. The number of aromatic nitrogens is 1. The molecule has 0 aliphatic carbocycles. The molecule has 0 saturated heterocycles. The molecule has 1 unspecified atom stereocenters. The summed E-state index contributed by atoms with van der Waals surface area (Å²) in [5.41, 5.74) is -0.583. The van der Waals surface area contributed by atoms with Crippen molar-refractivity contribution in [1.82, 2.24) is 9.71 Å². The average molecular weight is 366 g/mol. The van der Waals surface area contributed by atoms with Gasteiger partial charge in [-0.2, -0.15) is 26.3 Å². The van der Waals surface area contributed by atoms with E-state index in [2.05, 4.69) is 9.71 Å². The van der Waals surface area contributed by atoms with Crippen molar-refractivity contribution in [3.63, 3.8) is 0 Å². The minimum Gasteiger partial charge on any atom is -0.260 e. The fraction of sp³-hybridized carbons (Fsp3) is 0.267. The van der Waals surface area contributed by atoms with Crippen molar-refractivity contribution in [2.45, 2.75) is 30.2 Å². The quantitative estimate of drug-likeness (QED) is 0.586. The zero-order valence-corrected chi connectivity index (χ0v) is 13.1. The van der Waals surface area contributed by atoms with Crippen LogP contribution in [0.4, 0.5) is 26.3 Å². The summed E-state index contributed by atoms with van der Waals surface area (Å²) in [6, 6.07) is 4.04. The summed E-state index contributed by atoms with van der Waals surface area (Å²) in [6.07, 6.45) is -7.85. The predicted octanol–water partition coefficient (Wildman–Crippen LogP) is 5.31. The van der Waals surface area contributed by atoms with E-state index in [-0.39, 0.29) is 5.56 Å². The molecule has 2 nitrogen and oxygen atoms in total. The van der Waals surface area contributed by atoms with E-state index in [4.69, 9.17) is 0 Å². The highest BCUT2D eigenvalue weighted by atomic mass is 32.2. The molecule has 1 aromatic heterocycles. The van der Waals surface area contributed by atoms with Gasteiger partial charge >= 0.3 is 12.4 Å². The summed E-state index contributed by atoms with van der Waals surface area (Å²) in [4.78, 5) is 4.42. The number of nitrogens with zero attached hydrogens (tertiary/aromatic N) is 1. The molecular weight excluding hydrogens is 354 g/mol. The highest BCUT2D eigenvalue weighted by Gasteiger charge is 2.41. The summed E-state index contributed by atoms with van der Waals surface area (Å²) in [6.45, 7) is 1.74. The van der Waals surface area contributed by atoms with Crippen LogP contribution in [0.15, 0.2) is 47.5 Å². The Balaban J connectivity index is 2.18. The van der Waals surface area contributed by atoms with E-state index in [0.717, 1.165) is 17.8 Å². The van der Waals surface area contributed by atoms with Gasteiger partial charge in [-0.05, 0) is 48.7 Å². The van der Waals surface area contributed by atoms with Gasteiger partial charge in [-0.15, -0.1) is 0 Å². The first-order valence-corrected chi connectivity index (χ1v) is 7.48. The molecule has 0 amide bonds. The van der Waals surface area contributed by atoms with Crippen molar-refractivity contribution in [1.29, 1.82) is 0 Å². The van der Waals surface area contributed by atoms with Crippen LogP contribution in [0.3, 0.4) is 0 Å². The molecule has 0 fully saturated rings. The lowest BCUT2D eigenvalue weighted by molar-refractivity contribution is -0.152. The Bertz CT molecular complexity index is 664. The highest BCUT2D eigenvalue weighted by Crippen LogP contribution is 2.37. The molecule has 0 radical (unpaired) electrons. The number of hydrogen-bond donors (Lipinski definition) is 1. The first kappa shape index (κ1) is 18.6. The lowest BCUT2D eigenvalue weighted by Gasteiger charge is -2.22. The second-order valence-electron chi connectivity index (χ2n) is 4.95. The minimum absolute atomic E-state index is 0.303. The summed E-state index contributed by atoms with van der Waals surface area (Å²) in [5, 5.41) is 0. The zero-order valence-electron chi connectivity index (χ0n) is 12.2. The van der Waals surface area contributed by atoms with Crippen LogP contribution in [-0.4, -0.2) is 11.2 Å². The van der Waals surface area contributed by atoms with Gasteiger partial charge in [0.15, 0.2) is 0 Å². The Labute approximate surface area is 138 Å². The van der Waals surface area contributed by atoms with Crippen molar-refractivity contribution in [3.8, 4) is 0 Å². The Morgan fingerprint density at radius 2 is 1.58 bits per heavy atom. The molecule has 0 spiro atoms. The topological polar surface area (TPSA) is 24.9 Å². The molecule has 1 atom stereocenters. The van der Waals surface area contributed by atoms with Crippen LogP contribution in [0, 0.1) is 6.92 Å². The Morgan fingerprint density at radius 3 is 2.04 bits per heavy atom. The van der Waals surface area contributed by atoms with E-state index >= 15 is 0 Å². The molecule has 0 aliphatic heterocycles. The molecule has 1 N–H and O–H groups in total.